The summed E-state index contributed by atoms with van der Waals surface area (Å²) in [6, 6.07) is 16.7. The third kappa shape index (κ3) is 7.50. The molecule has 5 aromatic rings. The summed E-state index contributed by atoms with van der Waals surface area (Å²) in [5.74, 6) is 2.16. The fourth-order valence-electron chi connectivity index (χ4n) is 6.27. The number of rotatable bonds is 8. The Kier molecular flexibility index (Phi) is 10.4. The molecule has 0 spiro atoms. The number of likely N-dealkylation sites (tertiary alicyclic amines) is 1. The molecule has 11 heteroatoms. The predicted molar refractivity (Wildman–Crippen MR) is 180 cm³/mol. The molecule has 4 heterocycles. The molecule has 3 aromatic carbocycles. The summed E-state index contributed by atoms with van der Waals surface area (Å²) < 4.78 is 22.1. The first kappa shape index (κ1) is 32.3. The Morgan fingerprint density at radius 3 is 2.00 bits per heavy atom. The quantitative estimate of drug-likeness (QED) is 0.166. The lowest BCUT2D eigenvalue weighted by atomic mass is 9.91. The average molecular weight is 666 g/mol. The number of methoxy groups -OCH3 is 1. The van der Waals surface area contributed by atoms with E-state index >= 15 is 0 Å². The number of benzene rings is 3. The lowest BCUT2D eigenvalue weighted by Crippen LogP contribution is -2.36. The van der Waals surface area contributed by atoms with E-state index in [0.29, 0.717) is 45.6 Å². The summed E-state index contributed by atoms with van der Waals surface area (Å²) in [6.07, 6.45) is 4.32. The van der Waals surface area contributed by atoms with Gasteiger partial charge in [0.25, 0.3) is 0 Å². The minimum absolute atomic E-state index is 0.00529. The van der Waals surface area contributed by atoms with E-state index in [0.717, 1.165) is 91.7 Å². The Balaban J connectivity index is 0.000000194. The second kappa shape index (κ2) is 14.9. The van der Waals surface area contributed by atoms with Crippen molar-refractivity contribution in [1.82, 2.24) is 20.5 Å². The van der Waals surface area contributed by atoms with Crippen molar-refractivity contribution >= 4 is 50.9 Å². The Hall–Kier alpha value is -3.63. The summed E-state index contributed by atoms with van der Waals surface area (Å²) in [5.41, 5.74) is 4.28. The summed E-state index contributed by atoms with van der Waals surface area (Å²) in [4.78, 5) is 13.9. The zero-order chi connectivity index (χ0) is 32.0. The van der Waals surface area contributed by atoms with Crippen LogP contribution in [0.4, 0.5) is 0 Å². The van der Waals surface area contributed by atoms with Gasteiger partial charge in [-0.25, -0.2) is 0 Å². The van der Waals surface area contributed by atoms with Crippen LogP contribution in [-0.4, -0.2) is 67.4 Å². The van der Waals surface area contributed by atoms with Crippen molar-refractivity contribution in [1.29, 1.82) is 0 Å². The minimum atomic E-state index is 0.00529. The number of aromatic nitrogens is 2. The summed E-state index contributed by atoms with van der Waals surface area (Å²) in [7, 11) is 1.58. The van der Waals surface area contributed by atoms with Crippen molar-refractivity contribution < 1.29 is 23.3 Å². The smallest absolute Gasteiger partial charge is 0.168 e. The van der Waals surface area contributed by atoms with Gasteiger partial charge in [-0.2, -0.15) is 0 Å². The Morgan fingerprint density at radius 1 is 0.848 bits per heavy atom. The number of nitrogens with zero attached hydrogens (tertiary/aromatic N) is 3. The molecule has 9 nitrogen and oxygen atoms in total. The van der Waals surface area contributed by atoms with E-state index in [1.54, 1.807) is 25.3 Å². The van der Waals surface area contributed by atoms with Gasteiger partial charge in [0.15, 0.2) is 28.4 Å². The Bertz CT molecular complexity index is 1790. The molecule has 0 radical (unpaired) electrons. The van der Waals surface area contributed by atoms with Crippen LogP contribution in [0.15, 0.2) is 63.6 Å². The molecule has 2 aliphatic rings. The van der Waals surface area contributed by atoms with Gasteiger partial charge in [0, 0.05) is 56.9 Å². The van der Waals surface area contributed by atoms with Gasteiger partial charge in [-0.15, -0.1) is 0 Å². The van der Waals surface area contributed by atoms with Gasteiger partial charge in [0.2, 0.25) is 0 Å². The fraction of sp³-hybridized carbons (Fsp3) is 0.400. The molecule has 1 N–H and O–H groups in total. The number of ether oxygens (including phenoxy) is 2. The molecule has 0 amide bonds. The van der Waals surface area contributed by atoms with Crippen LogP contribution in [0.3, 0.4) is 0 Å². The first-order chi connectivity index (χ1) is 22.4. The van der Waals surface area contributed by atoms with Crippen molar-refractivity contribution in [2.45, 2.75) is 44.4 Å². The van der Waals surface area contributed by atoms with Crippen molar-refractivity contribution in [2.75, 3.05) is 46.4 Å². The highest BCUT2D eigenvalue weighted by molar-refractivity contribution is 6.31. The van der Waals surface area contributed by atoms with Crippen LogP contribution in [0.1, 0.15) is 66.2 Å². The normalized spacial score (nSPS) is 16.3. The van der Waals surface area contributed by atoms with Gasteiger partial charge in [-0.1, -0.05) is 33.5 Å². The summed E-state index contributed by atoms with van der Waals surface area (Å²) >= 11 is 12.0. The van der Waals surface area contributed by atoms with Crippen molar-refractivity contribution in [2.24, 2.45) is 0 Å². The van der Waals surface area contributed by atoms with Crippen LogP contribution in [0, 0.1) is 0 Å². The van der Waals surface area contributed by atoms with Crippen LogP contribution in [0.25, 0.3) is 21.9 Å². The lowest BCUT2D eigenvalue weighted by Gasteiger charge is -2.31. The number of fused-ring (bicyclic) bond motifs is 2. The molecule has 2 aliphatic heterocycles. The SMILES string of the molecule is COc1cc(C(C)=O)ccc1OCCN1CCC(c2noc3cc(Cl)ccc23)CC1.Clc1ccc2c(C3CCNCC3)noc2c1. The predicted octanol–water partition coefficient (Wildman–Crippen LogP) is 7.90. The van der Waals surface area contributed by atoms with E-state index in [1.807, 2.05) is 36.4 Å². The van der Waals surface area contributed by atoms with Gasteiger partial charge in [0.1, 0.15) is 6.61 Å². The number of hydrogen-bond donors (Lipinski definition) is 1. The number of hydrogen-bond acceptors (Lipinski definition) is 9. The minimum Gasteiger partial charge on any atom is -0.493 e. The van der Waals surface area contributed by atoms with E-state index in [4.69, 9.17) is 41.7 Å². The highest BCUT2D eigenvalue weighted by Gasteiger charge is 2.25. The molecule has 0 unspecified atom stereocenters. The third-order valence-corrected chi connectivity index (χ3v) is 9.33. The molecule has 0 aliphatic carbocycles. The summed E-state index contributed by atoms with van der Waals surface area (Å²) in [6.45, 7) is 7.02. The van der Waals surface area contributed by atoms with Gasteiger partial charge >= 0.3 is 0 Å². The Morgan fingerprint density at radius 2 is 1.43 bits per heavy atom. The molecule has 0 saturated carbocycles. The molecule has 2 aromatic heterocycles. The van der Waals surface area contributed by atoms with Crippen molar-refractivity contribution in [3.8, 4) is 11.5 Å². The standard InChI is InChI=1S/C23H25ClN2O4.C12H13ClN2O/c1-15(27)17-3-6-20(22(13-17)28-2)29-12-11-26-9-7-16(8-10-26)23-19-5-4-18(24)14-21(19)30-25-23;13-9-1-2-10-11(7-9)16-15-12(10)8-3-5-14-6-4-8/h3-6,13-14,16H,7-12H2,1-2H3;1-2,7-8,14H,3-6H2. The van der Waals surface area contributed by atoms with Crippen LogP contribution >= 0.6 is 23.2 Å². The number of Topliss-reactive ketones (excluding diaryl/α,β-unsaturated/α-hetero) is 1. The molecular weight excluding hydrogens is 627 g/mol. The molecule has 2 saturated heterocycles. The molecular formula is C35H38Cl2N4O5. The van der Waals surface area contributed by atoms with Gasteiger partial charge in [-0.3, -0.25) is 9.69 Å². The molecule has 2 fully saturated rings. The van der Waals surface area contributed by atoms with E-state index in [2.05, 4.69) is 20.5 Å². The molecule has 242 valence electrons. The monoisotopic (exact) mass is 664 g/mol. The average Bonchev–Trinajstić information content (AvgIpc) is 3.69. The van der Waals surface area contributed by atoms with Gasteiger partial charge in [0.05, 0.1) is 18.5 Å². The number of carbonyl (C=O) groups excluding carboxylic acids is 1. The zero-order valence-corrected chi connectivity index (χ0v) is 27.6. The molecule has 46 heavy (non-hydrogen) atoms. The maximum atomic E-state index is 11.5. The maximum absolute atomic E-state index is 11.5. The molecule has 7 rings (SSSR count). The van der Waals surface area contributed by atoms with E-state index in [1.165, 1.54) is 6.92 Å². The Labute approximate surface area is 278 Å². The largest absolute Gasteiger partial charge is 0.493 e. The summed E-state index contributed by atoms with van der Waals surface area (Å²) in [5, 5.41) is 15.4. The molecule has 0 atom stereocenters. The third-order valence-electron chi connectivity index (χ3n) is 8.86. The van der Waals surface area contributed by atoms with Crippen molar-refractivity contribution in [3.05, 3.63) is 81.6 Å². The van der Waals surface area contributed by atoms with E-state index in [9.17, 15) is 4.79 Å². The van der Waals surface area contributed by atoms with E-state index < -0.39 is 0 Å². The zero-order valence-electron chi connectivity index (χ0n) is 26.1. The number of halogens is 2. The number of nitrogens with one attached hydrogen (secondary N) is 1. The van der Waals surface area contributed by atoms with Crippen molar-refractivity contribution in [3.63, 3.8) is 0 Å². The first-order valence-corrected chi connectivity index (χ1v) is 16.5. The number of ketones is 1. The first-order valence-electron chi connectivity index (χ1n) is 15.7. The van der Waals surface area contributed by atoms with Gasteiger partial charge in [-0.05, 0) is 101 Å². The topological polar surface area (TPSA) is 103 Å². The maximum Gasteiger partial charge on any atom is 0.168 e. The van der Waals surface area contributed by atoms with Crippen LogP contribution in [0.2, 0.25) is 10.0 Å². The van der Waals surface area contributed by atoms with Crippen LogP contribution < -0.4 is 14.8 Å². The lowest BCUT2D eigenvalue weighted by molar-refractivity contribution is 0.101. The molecule has 0 bridgehead atoms. The number of carbonyl (C=O) groups is 1. The fourth-order valence-corrected chi connectivity index (χ4v) is 6.59. The second-order valence-corrected chi connectivity index (χ2v) is 12.7. The highest BCUT2D eigenvalue weighted by Crippen LogP contribution is 2.34. The van der Waals surface area contributed by atoms with Crippen LogP contribution in [-0.2, 0) is 0 Å². The number of piperidine rings is 2. The highest BCUT2D eigenvalue weighted by atomic mass is 35.5. The van der Waals surface area contributed by atoms with E-state index in [-0.39, 0.29) is 5.78 Å². The van der Waals surface area contributed by atoms with Crippen LogP contribution in [0.5, 0.6) is 11.5 Å². The second-order valence-electron chi connectivity index (χ2n) is 11.8. The van der Waals surface area contributed by atoms with Gasteiger partial charge < -0.3 is 23.8 Å².